The summed E-state index contributed by atoms with van der Waals surface area (Å²) in [5.41, 5.74) is 12.4. The second-order valence-electron chi connectivity index (χ2n) is 10.5. The van der Waals surface area contributed by atoms with E-state index in [1.807, 2.05) is 0 Å². The SMILES string of the molecule is CCC1=C(c2nc3c(CN(CC)CC)cccc3[nH]2)c2cc(-c3cc(CC)cc4ccccc34)ccc2NC1. The molecule has 0 saturated heterocycles. The third-order valence-electron chi connectivity index (χ3n) is 8.32. The third kappa shape index (κ3) is 4.63. The van der Waals surface area contributed by atoms with Gasteiger partial charge in [-0.15, -0.1) is 0 Å². The van der Waals surface area contributed by atoms with Crippen molar-refractivity contribution >= 4 is 33.1 Å². The zero-order chi connectivity index (χ0) is 26.9. The van der Waals surface area contributed by atoms with E-state index in [0.717, 1.165) is 55.9 Å². The van der Waals surface area contributed by atoms with Crippen molar-refractivity contribution in [1.82, 2.24) is 14.9 Å². The molecule has 1 aliphatic rings. The van der Waals surface area contributed by atoms with Crippen LogP contribution < -0.4 is 5.32 Å². The van der Waals surface area contributed by atoms with Crippen LogP contribution in [0.2, 0.25) is 0 Å². The number of anilines is 1. The number of para-hydroxylation sites is 1. The zero-order valence-electron chi connectivity index (χ0n) is 23.6. The van der Waals surface area contributed by atoms with Crippen molar-refractivity contribution in [3.05, 3.63) is 101 Å². The van der Waals surface area contributed by atoms with Gasteiger partial charge in [-0.25, -0.2) is 4.98 Å². The number of benzene rings is 4. The Morgan fingerprint density at radius 2 is 1.67 bits per heavy atom. The first kappa shape index (κ1) is 25.4. The first-order valence-corrected chi connectivity index (χ1v) is 14.5. The number of imidazole rings is 1. The highest BCUT2D eigenvalue weighted by molar-refractivity contribution is 5.99. The van der Waals surface area contributed by atoms with Crippen molar-refractivity contribution in [3.8, 4) is 11.1 Å². The molecule has 0 amide bonds. The van der Waals surface area contributed by atoms with Crippen LogP contribution >= 0.6 is 0 Å². The zero-order valence-corrected chi connectivity index (χ0v) is 23.6. The maximum Gasteiger partial charge on any atom is 0.139 e. The van der Waals surface area contributed by atoms with Gasteiger partial charge in [0.25, 0.3) is 0 Å². The number of rotatable bonds is 8. The summed E-state index contributed by atoms with van der Waals surface area (Å²) >= 11 is 0. The molecule has 6 rings (SSSR count). The van der Waals surface area contributed by atoms with Gasteiger partial charge in [0.1, 0.15) is 5.82 Å². The van der Waals surface area contributed by atoms with E-state index in [9.17, 15) is 0 Å². The average Bonchev–Trinajstić information content (AvgIpc) is 3.43. The molecule has 4 aromatic carbocycles. The number of nitrogens with zero attached hydrogens (tertiary/aromatic N) is 2. The maximum atomic E-state index is 5.27. The second kappa shape index (κ2) is 10.7. The summed E-state index contributed by atoms with van der Waals surface area (Å²) in [7, 11) is 0. The number of aryl methyl sites for hydroxylation is 1. The predicted octanol–water partition coefficient (Wildman–Crippen LogP) is 8.42. The molecule has 4 nitrogen and oxygen atoms in total. The van der Waals surface area contributed by atoms with E-state index in [-0.39, 0.29) is 0 Å². The number of hydrogen-bond donors (Lipinski definition) is 2. The van der Waals surface area contributed by atoms with Gasteiger partial charge in [0.2, 0.25) is 0 Å². The lowest BCUT2D eigenvalue weighted by molar-refractivity contribution is 0.297. The Morgan fingerprint density at radius 3 is 2.46 bits per heavy atom. The minimum absolute atomic E-state index is 0.843. The minimum atomic E-state index is 0.843. The average molecular weight is 515 g/mol. The Balaban J connectivity index is 1.51. The van der Waals surface area contributed by atoms with E-state index in [1.165, 1.54) is 55.4 Å². The number of nitrogens with one attached hydrogen (secondary N) is 2. The fraction of sp³-hybridized carbons (Fsp3) is 0.286. The van der Waals surface area contributed by atoms with Crippen molar-refractivity contribution in [2.24, 2.45) is 0 Å². The van der Waals surface area contributed by atoms with Crippen molar-refractivity contribution in [2.75, 3.05) is 25.0 Å². The van der Waals surface area contributed by atoms with Crippen LogP contribution in [0.4, 0.5) is 5.69 Å². The lowest BCUT2D eigenvalue weighted by Crippen LogP contribution is -2.22. The molecule has 4 heteroatoms. The second-order valence-corrected chi connectivity index (χ2v) is 10.5. The van der Waals surface area contributed by atoms with Crippen LogP contribution in [0.5, 0.6) is 0 Å². The Bertz CT molecular complexity index is 1690. The fourth-order valence-electron chi connectivity index (χ4n) is 5.99. The van der Waals surface area contributed by atoms with Gasteiger partial charge >= 0.3 is 0 Å². The highest BCUT2D eigenvalue weighted by atomic mass is 15.1. The highest BCUT2D eigenvalue weighted by Crippen LogP contribution is 2.40. The smallest absolute Gasteiger partial charge is 0.139 e. The van der Waals surface area contributed by atoms with Crippen LogP contribution in [-0.4, -0.2) is 34.5 Å². The standard InChI is InChI=1S/C35H38N4/c1-5-23-18-25-12-9-10-14-28(25)29(19-23)26-16-17-31-30(20-26)33(24(6-2)21-36-31)35-37-32-15-11-13-27(34(32)38-35)22-39(7-3)8-4/h9-20,36H,5-8,21-22H2,1-4H3,(H,37,38). The molecular weight excluding hydrogens is 476 g/mol. The lowest BCUT2D eigenvalue weighted by Gasteiger charge is -2.24. The van der Waals surface area contributed by atoms with Crippen molar-refractivity contribution in [2.45, 2.75) is 47.1 Å². The summed E-state index contributed by atoms with van der Waals surface area (Å²) in [5.74, 6) is 0.973. The molecule has 5 aromatic rings. The highest BCUT2D eigenvalue weighted by Gasteiger charge is 2.23. The Labute approximate surface area is 231 Å². The van der Waals surface area contributed by atoms with Gasteiger partial charge in [0.15, 0.2) is 0 Å². The molecule has 2 heterocycles. The molecule has 0 unspecified atom stereocenters. The molecule has 0 aliphatic carbocycles. The van der Waals surface area contributed by atoms with Gasteiger partial charge < -0.3 is 10.3 Å². The maximum absolute atomic E-state index is 5.27. The monoisotopic (exact) mass is 514 g/mol. The van der Waals surface area contributed by atoms with Crippen molar-refractivity contribution in [3.63, 3.8) is 0 Å². The van der Waals surface area contributed by atoms with Gasteiger partial charge in [0.05, 0.1) is 11.0 Å². The van der Waals surface area contributed by atoms with Crippen LogP contribution in [0.1, 0.15) is 56.6 Å². The van der Waals surface area contributed by atoms with E-state index < -0.39 is 0 Å². The number of H-pyrrole nitrogens is 1. The summed E-state index contributed by atoms with van der Waals surface area (Å²) in [4.78, 5) is 11.4. The third-order valence-corrected chi connectivity index (χ3v) is 8.32. The van der Waals surface area contributed by atoms with Crippen LogP contribution in [0.25, 0.3) is 38.5 Å². The molecule has 0 saturated carbocycles. The first-order chi connectivity index (χ1) is 19.1. The predicted molar refractivity (Wildman–Crippen MR) is 166 cm³/mol. The largest absolute Gasteiger partial charge is 0.381 e. The van der Waals surface area contributed by atoms with Gasteiger partial charge in [-0.2, -0.15) is 0 Å². The van der Waals surface area contributed by atoms with Crippen LogP contribution in [0, 0.1) is 0 Å². The van der Waals surface area contributed by atoms with Gasteiger partial charge in [-0.05, 0) is 82.7 Å². The topological polar surface area (TPSA) is 44.0 Å². The summed E-state index contributed by atoms with van der Waals surface area (Å²) in [5, 5.41) is 6.27. The lowest BCUT2D eigenvalue weighted by atomic mass is 9.88. The van der Waals surface area contributed by atoms with Gasteiger partial charge in [-0.3, -0.25) is 4.90 Å². The van der Waals surface area contributed by atoms with E-state index in [2.05, 4.69) is 116 Å². The van der Waals surface area contributed by atoms with E-state index >= 15 is 0 Å². The van der Waals surface area contributed by atoms with E-state index in [0.29, 0.717) is 0 Å². The Hall–Kier alpha value is -3.89. The summed E-state index contributed by atoms with van der Waals surface area (Å²) in [6.45, 7) is 12.7. The number of aromatic nitrogens is 2. The van der Waals surface area contributed by atoms with Gasteiger partial charge in [-0.1, -0.05) is 82.3 Å². The van der Waals surface area contributed by atoms with Gasteiger partial charge in [0, 0.05) is 29.9 Å². The van der Waals surface area contributed by atoms with Crippen molar-refractivity contribution in [1.29, 1.82) is 0 Å². The quantitative estimate of drug-likeness (QED) is 0.218. The molecule has 0 bridgehead atoms. The number of hydrogen-bond acceptors (Lipinski definition) is 3. The fourth-order valence-corrected chi connectivity index (χ4v) is 5.99. The van der Waals surface area contributed by atoms with E-state index in [4.69, 9.17) is 4.98 Å². The first-order valence-electron chi connectivity index (χ1n) is 14.5. The molecule has 0 radical (unpaired) electrons. The molecule has 2 N–H and O–H groups in total. The van der Waals surface area contributed by atoms with Crippen LogP contribution in [0.15, 0.2) is 78.4 Å². The minimum Gasteiger partial charge on any atom is -0.381 e. The number of fused-ring (bicyclic) bond motifs is 3. The Kier molecular flexibility index (Phi) is 6.97. The molecular formula is C35H38N4. The molecule has 198 valence electrons. The normalized spacial score (nSPS) is 13.4. The molecule has 39 heavy (non-hydrogen) atoms. The molecule has 0 spiro atoms. The summed E-state index contributed by atoms with van der Waals surface area (Å²) in [6.07, 6.45) is 1.99. The molecule has 0 fully saturated rings. The molecule has 1 aliphatic heterocycles. The van der Waals surface area contributed by atoms with Crippen molar-refractivity contribution < 1.29 is 0 Å². The van der Waals surface area contributed by atoms with Crippen LogP contribution in [0.3, 0.4) is 0 Å². The van der Waals surface area contributed by atoms with E-state index in [1.54, 1.807) is 0 Å². The summed E-state index contributed by atoms with van der Waals surface area (Å²) < 4.78 is 0. The summed E-state index contributed by atoms with van der Waals surface area (Å²) in [6, 6.07) is 26.8. The number of aromatic amines is 1. The Morgan fingerprint density at radius 1 is 0.821 bits per heavy atom. The van der Waals surface area contributed by atoms with Crippen LogP contribution in [-0.2, 0) is 13.0 Å². The molecule has 1 aromatic heterocycles. The molecule has 0 atom stereocenters.